The number of hydrogen-bond donors (Lipinski definition) is 1. The first-order valence-electron chi connectivity index (χ1n) is 11.3. The van der Waals surface area contributed by atoms with Gasteiger partial charge in [-0.05, 0) is 79.8 Å². The number of sulfonamides is 1. The molecule has 1 N–H and O–H groups in total. The molecule has 10 heteroatoms. The summed E-state index contributed by atoms with van der Waals surface area (Å²) in [6, 6.07) is 16.6. The third-order valence-corrected chi connectivity index (χ3v) is 8.42. The highest BCUT2D eigenvalue weighted by Crippen LogP contribution is 2.29. The minimum absolute atomic E-state index is 0.0115. The maximum Gasteiger partial charge on any atom is 0.264 e. The minimum Gasteiger partial charge on any atom is -0.324 e. The van der Waals surface area contributed by atoms with Crippen molar-refractivity contribution in [2.45, 2.75) is 29.6 Å². The molecule has 7 nitrogen and oxygen atoms in total. The molecule has 0 bridgehead atoms. The zero-order chi connectivity index (χ0) is 25.9. The summed E-state index contributed by atoms with van der Waals surface area (Å²) in [4.78, 5) is 27.8. The van der Waals surface area contributed by atoms with Crippen LogP contribution in [0.2, 0.25) is 0 Å². The van der Waals surface area contributed by atoms with Crippen molar-refractivity contribution in [3.05, 3.63) is 78.1 Å². The van der Waals surface area contributed by atoms with Crippen LogP contribution in [-0.2, 0) is 19.6 Å². The fourth-order valence-electron chi connectivity index (χ4n) is 4.03. The van der Waals surface area contributed by atoms with Gasteiger partial charge in [0.2, 0.25) is 11.8 Å². The van der Waals surface area contributed by atoms with E-state index in [-0.39, 0.29) is 16.5 Å². The summed E-state index contributed by atoms with van der Waals surface area (Å²) in [5.74, 6) is -1.20. The molecule has 0 unspecified atom stereocenters. The van der Waals surface area contributed by atoms with E-state index in [1.54, 1.807) is 35.2 Å². The van der Waals surface area contributed by atoms with E-state index in [4.69, 9.17) is 0 Å². The Morgan fingerprint density at radius 3 is 2.50 bits per heavy atom. The monoisotopic (exact) mass is 527 g/mol. The molecule has 0 aromatic heterocycles. The van der Waals surface area contributed by atoms with Gasteiger partial charge in [-0.2, -0.15) is 0 Å². The van der Waals surface area contributed by atoms with Crippen LogP contribution in [0, 0.1) is 12.7 Å². The van der Waals surface area contributed by atoms with Gasteiger partial charge in [0, 0.05) is 29.2 Å². The Morgan fingerprint density at radius 1 is 1.11 bits per heavy atom. The molecule has 0 spiro atoms. The molecule has 36 heavy (non-hydrogen) atoms. The van der Waals surface area contributed by atoms with E-state index < -0.39 is 28.3 Å². The van der Waals surface area contributed by atoms with Crippen molar-refractivity contribution in [3.63, 3.8) is 0 Å². The third kappa shape index (κ3) is 5.55. The molecule has 1 saturated heterocycles. The fourth-order valence-corrected chi connectivity index (χ4v) is 5.85. The first-order chi connectivity index (χ1) is 17.2. The number of anilines is 3. The van der Waals surface area contributed by atoms with E-state index in [0.717, 1.165) is 27.3 Å². The van der Waals surface area contributed by atoms with Gasteiger partial charge in [0.25, 0.3) is 10.0 Å². The SMILES string of the molecule is CSc1ccc(S(=O)(=O)N(CC(=O)Nc2ccc(C)c(N3CCCC3=O)c2)c2cccc(F)c2)cc1. The van der Waals surface area contributed by atoms with E-state index in [1.165, 1.54) is 42.1 Å². The molecule has 0 saturated carbocycles. The largest absolute Gasteiger partial charge is 0.324 e. The Bertz CT molecular complexity index is 1390. The van der Waals surface area contributed by atoms with E-state index in [1.807, 2.05) is 13.2 Å². The van der Waals surface area contributed by atoms with Gasteiger partial charge in [-0.25, -0.2) is 12.8 Å². The molecule has 1 aliphatic heterocycles. The van der Waals surface area contributed by atoms with Gasteiger partial charge >= 0.3 is 0 Å². The quantitative estimate of drug-likeness (QED) is 0.425. The van der Waals surface area contributed by atoms with Crippen molar-refractivity contribution in [1.29, 1.82) is 0 Å². The lowest BCUT2D eigenvalue weighted by molar-refractivity contribution is -0.117. The summed E-state index contributed by atoms with van der Waals surface area (Å²) < 4.78 is 41.9. The Morgan fingerprint density at radius 2 is 1.86 bits per heavy atom. The maximum atomic E-state index is 14.0. The standard InChI is InChI=1S/C26H26FN3O4S2/c1-18-8-9-20(16-24(18)29-14-4-7-26(29)32)28-25(31)17-30(21-6-3-5-19(27)15-21)36(33,34)23-12-10-22(35-2)11-13-23/h3,5-6,8-13,15-16H,4,7,14,17H2,1-2H3,(H,28,31). The van der Waals surface area contributed by atoms with Gasteiger partial charge in [-0.15, -0.1) is 11.8 Å². The zero-order valence-corrected chi connectivity index (χ0v) is 21.5. The lowest BCUT2D eigenvalue weighted by Gasteiger charge is -2.24. The van der Waals surface area contributed by atoms with Crippen LogP contribution in [0.1, 0.15) is 18.4 Å². The molecule has 1 aliphatic rings. The van der Waals surface area contributed by atoms with E-state index in [9.17, 15) is 22.4 Å². The van der Waals surface area contributed by atoms with Gasteiger partial charge in [-0.1, -0.05) is 12.1 Å². The Hall–Kier alpha value is -3.37. The fraction of sp³-hybridized carbons (Fsp3) is 0.231. The second-order valence-corrected chi connectivity index (χ2v) is 11.1. The van der Waals surface area contributed by atoms with E-state index >= 15 is 0 Å². The molecular weight excluding hydrogens is 501 g/mol. The number of halogens is 1. The number of amides is 2. The van der Waals surface area contributed by atoms with Gasteiger partial charge in [0.15, 0.2) is 0 Å². The molecule has 4 rings (SSSR count). The summed E-state index contributed by atoms with van der Waals surface area (Å²) >= 11 is 1.47. The smallest absolute Gasteiger partial charge is 0.264 e. The van der Waals surface area contributed by atoms with Crippen molar-refractivity contribution in [2.75, 3.05) is 33.9 Å². The molecule has 1 heterocycles. The molecule has 3 aromatic rings. The average Bonchev–Trinajstić information content (AvgIpc) is 3.29. The van der Waals surface area contributed by atoms with Crippen LogP contribution in [0.3, 0.4) is 0 Å². The van der Waals surface area contributed by atoms with E-state index in [0.29, 0.717) is 24.3 Å². The summed E-state index contributed by atoms with van der Waals surface area (Å²) in [6.07, 6.45) is 3.13. The number of thioether (sulfide) groups is 1. The Labute approximate surface area is 214 Å². The normalized spacial score (nSPS) is 13.6. The number of rotatable bonds is 8. The molecule has 3 aromatic carbocycles. The van der Waals surface area contributed by atoms with Crippen LogP contribution in [0.15, 0.2) is 76.5 Å². The van der Waals surface area contributed by atoms with Gasteiger partial charge < -0.3 is 10.2 Å². The second kappa shape index (κ2) is 10.7. The Kier molecular flexibility index (Phi) is 7.65. The highest BCUT2D eigenvalue weighted by Gasteiger charge is 2.28. The van der Waals surface area contributed by atoms with Crippen LogP contribution in [0.4, 0.5) is 21.5 Å². The van der Waals surface area contributed by atoms with Gasteiger partial charge in [0.1, 0.15) is 12.4 Å². The molecule has 2 amide bonds. The highest BCUT2D eigenvalue weighted by atomic mass is 32.2. The van der Waals surface area contributed by atoms with Crippen LogP contribution < -0.4 is 14.5 Å². The van der Waals surface area contributed by atoms with Crippen molar-refractivity contribution >= 4 is 50.7 Å². The molecule has 0 atom stereocenters. The highest BCUT2D eigenvalue weighted by molar-refractivity contribution is 7.98. The van der Waals surface area contributed by atoms with Crippen molar-refractivity contribution in [1.82, 2.24) is 0 Å². The number of carbonyl (C=O) groups is 2. The number of aryl methyl sites for hydroxylation is 1. The zero-order valence-electron chi connectivity index (χ0n) is 19.9. The summed E-state index contributed by atoms with van der Waals surface area (Å²) in [5.41, 5.74) is 2.06. The van der Waals surface area contributed by atoms with Gasteiger partial charge in [0.05, 0.1) is 10.6 Å². The number of carbonyl (C=O) groups excluding carboxylic acids is 2. The molecule has 0 aliphatic carbocycles. The predicted octanol–water partition coefficient (Wildman–Crippen LogP) is 4.82. The second-order valence-electron chi connectivity index (χ2n) is 8.37. The lowest BCUT2D eigenvalue weighted by Crippen LogP contribution is -2.38. The van der Waals surface area contributed by atoms with E-state index in [2.05, 4.69) is 5.32 Å². The number of benzene rings is 3. The number of hydrogen-bond acceptors (Lipinski definition) is 5. The predicted molar refractivity (Wildman–Crippen MR) is 141 cm³/mol. The average molecular weight is 528 g/mol. The molecule has 188 valence electrons. The molecular formula is C26H26FN3O4S2. The van der Waals surface area contributed by atoms with Crippen molar-refractivity contribution in [2.24, 2.45) is 0 Å². The summed E-state index contributed by atoms with van der Waals surface area (Å²) in [5, 5.41) is 2.72. The number of nitrogens with zero attached hydrogens (tertiary/aromatic N) is 2. The minimum atomic E-state index is -4.17. The third-order valence-electron chi connectivity index (χ3n) is 5.89. The van der Waals surface area contributed by atoms with Crippen LogP contribution in [-0.4, -0.2) is 39.6 Å². The van der Waals surface area contributed by atoms with Crippen molar-refractivity contribution in [3.8, 4) is 0 Å². The number of nitrogens with one attached hydrogen (secondary N) is 1. The molecule has 0 radical (unpaired) electrons. The topological polar surface area (TPSA) is 86.8 Å². The van der Waals surface area contributed by atoms with Crippen molar-refractivity contribution < 1.29 is 22.4 Å². The Balaban J connectivity index is 1.62. The summed E-state index contributed by atoms with van der Waals surface area (Å²) in [6.45, 7) is 1.92. The first kappa shape index (κ1) is 25.7. The molecule has 1 fully saturated rings. The summed E-state index contributed by atoms with van der Waals surface area (Å²) in [7, 11) is -4.17. The van der Waals surface area contributed by atoms with Crippen LogP contribution in [0.25, 0.3) is 0 Å². The van der Waals surface area contributed by atoms with Gasteiger partial charge in [-0.3, -0.25) is 13.9 Å². The first-order valence-corrected chi connectivity index (χ1v) is 14.0. The maximum absolute atomic E-state index is 14.0. The van der Waals surface area contributed by atoms with Crippen LogP contribution in [0.5, 0.6) is 0 Å². The van der Waals surface area contributed by atoms with Crippen LogP contribution >= 0.6 is 11.8 Å². The lowest BCUT2D eigenvalue weighted by atomic mass is 10.1.